The maximum absolute atomic E-state index is 13.5. The Morgan fingerprint density at radius 2 is 1.56 bits per heavy atom. The number of rotatable bonds is 4. The van der Waals surface area contributed by atoms with Gasteiger partial charge in [0.1, 0.15) is 5.75 Å². The van der Waals surface area contributed by atoms with Crippen LogP contribution in [-0.2, 0) is 9.59 Å². The highest BCUT2D eigenvalue weighted by atomic mass is 16.5. The molecule has 6 atom stereocenters. The molecule has 36 heavy (non-hydrogen) atoms. The number of allylic oxidation sites excluding steroid dienone is 2. The molecule has 2 amide bonds. The standard InChI is InChI=1S/C30H23NO5/c1-15(32)19-10-9-16-5-2-3-8-20(16)27(19)36-30(35)17-6-4-7-18(13-17)31-28(33)25-21-11-12-22(24-14-23(21)24)26(25)29(31)34/h2-13,21-26H,14H2,1H3/t21-,22-,23-,24-,25-,26+/m1/s1. The summed E-state index contributed by atoms with van der Waals surface area (Å²) in [5.41, 5.74) is 0.898. The van der Waals surface area contributed by atoms with Gasteiger partial charge in [0.05, 0.1) is 28.7 Å². The molecule has 8 rings (SSSR count). The molecule has 2 saturated carbocycles. The highest BCUT2D eigenvalue weighted by Crippen LogP contribution is 2.65. The van der Waals surface area contributed by atoms with E-state index >= 15 is 0 Å². The van der Waals surface area contributed by atoms with Gasteiger partial charge in [-0.25, -0.2) is 9.69 Å². The van der Waals surface area contributed by atoms with Crippen molar-refractivity contribution in [1.82, 2.24) is 0 Å². The summed E-state index contributed by atoms with van der Waals surface area (Å²) in [4.78, 5) is 53.7. The van der Waals surface area contributed by atoms with Crippen molar-refractivity contribution < 1.29 is 23.9 Å². The second kappa shape index (κ2) is 7.47. The molecule has 1 aliphatic heterocycles. The summed E-state index contributed by atoms with van der Waals surface area (Å²) < 4.78 is 5.78. The van der Waals surface area contributed by atoms with E-state index in [1.165, 1.54) is 17.9 Å². The van der Waals surface area contributed by atoms with E-state index in [1.54, 1.807) is 30.3 Å². The first-order valence-electron chi connectivity index (χ1n) is 12.3. The van der Waals surface area contributed by atoms with Gasteiger partial charge in [-0.05, 0) is 66.7 Å². The van der Waals surface area contributed by atoms with Crippen molar-refractivity contribution in [3.8, 4) is 5.75 Å². The first-order chi connectivity index (χ1) is 17.4. The molecule has 6 nitrogen and oxygen atoms in total. The summed E-state index contributed by atoms with van der Waals surface area (Å²) >= 11 is 0. The summed E-state index contributed by atoms with van der Waals surface area (Å²) in [5, 5.41) is 1.50. The normalized spacial score (nSPS) is 29.3. The molecule has 0 unspecified atom stereocenters. The van der Waals surface area contributed by atoms with E-state index in [4.69, 9.17) is 4.74 Å². The van der Waals surface area contributed by atoms with E-state index < -0.39 is 5.97 Å². The number of benzene rings is 3. The van der Waals surface area contributed by atoms with Gasteiger partial charge in [-0.3, -0.25) is 14.4 Å². The number of carbonyl (C=O) groups is 4. The van der Waals surface area contributed by atoms with Crippen LogP contribution in [0.15, 0.2) is 72.8 Å². The van der Waals surface area contributed by atoms with Gasteiger partial charge in [0.25, 0.3) is 0 Å². The van der Waals surface area contributed by atoms with Gasteiger partial charge >= 0.3 is 5.97 Å². The number of ether oxygens (including phenoxy) is 1. The molecule has 3 aromatic carbocycles. The molecule has 3 aromatic rings. The molecule has 3 fully saturated rings. The molecular formula is C30H23NO5. The number of imide groups is 1. The number of amides is 2. The van der Waals surface area contributed by atoms with Crippen molar-refractivity contribution in [3.63, 3.8) is 0 Å². The third kappa shape index (κ3) is 2.90. The van der Waals surface area contributed by atoms with Crippen molar-refractivity contribution >= 4 is 40.0 Å². The third-order valence-electron chi connectivity index (χ3n) is 8.46. The Balaban J connectivity index is 1.21. The zero-order valence-corrected chi connectivity index (χ0v) is 19.6. The molecule has 0 N–H and O–H groups in total. The van der Waals surface area contributed by atoms with Crippen LogP contribution in [0.2, 0.25) is 0 Å². The lowest BCUT2D eigenvalue weighted by Gasteiger charge is -2.37. The van der Waals surface area contributed by atoms with Gasteiger partial charge in [-0.1, -0.05) is 48.6 Å². The number of fused-ring (bicyclic) bond motifs is 1. The van der Waals surface area contributed by atoms with Crippen LogP contribution in [0.5, 0.6) is 5.75 Å². The van der Waals surface area contributed by atoms with Crippen molar-refractivity contribution in [1.29, 1.82) is 0 Å². The molecule has 0 aromatic heterocycles. The zero-order valence-electron chi connectivity index (χ0n) is 19.6. The van der Waals surface area contributed by atoms with E-state index in [2.05, 4.69) is 12.2 Å². The Labute approximate surface area is 207 Å². The number of esters is 1. The highest BCUT2D eigenvalue weighted by molar-refractivity contribution is 6.23. The predicted molar refractivity (Wildman–Crippen MR) is 133 cm³/mol. The van der Waals surface area contributed by atoms with Crippen LogP contribution >= 0.6 is 0 Å². The number of nitrogens with zero attached hydrogens (tertiary/aromatic N) is 1. The summed E-state index contributed by atoms with van der Waals surface area (Å²) in [6, 6.07) is 17.3. The van der Waals surface area contributed by atoms with E-state index in [0.717, 1.165) is 11.8 Å². The van der Waals surface area contributed by atoms with Crippen molar-refractivity contribution in [2.24, 2.45) is 35.5 Å². The lowest BCUT2D eigenvalue weighted by atomic mass is 9.63. The van der Waals surface area contributed by atoms with E-state index in [9.17, 15) is 19.2 Å². The summed E-state index contributed by atoms with van der Waals surface area (Å²) in [6.07, 6.45) is 5.38. The minimum Gasteiger partial charge on any atom is -0.421 e. The summed E-state index contributed by atoms with van der Waals surface area (Å²) in [6.45, 7) is 1.43. The average molecular weight is 478 g/mol. The zero-order chi connectivity index (χ0) is 24.7. The quantitative estimate of drug-likeness (QED) is 0.177. The van der Waals surface area contributed by atoms with Gasteiger partial charge in [0.15, 0.2) is 5.78 Å². The molecule has 178 valence electrons. The molecule has 5 aliphatic rings. The fourth-order valence-corrected chi connectivity index (χ4v) is 6.77. The van der Waals surface area contributed by atoms with Crippen molar-refractivity contribution in [2.75, 3.05) is 4.90 Å². The Kier molecular flexibility index (Phi) is 4.41. The van der Waals surface area contributed by atoms with Crippen molar-refractivity contribution in [3.05, 3.63) is 83.9 Å². The summed E-state index contributed by atoms with van der Waals surface area (Å²) in [5.74, 6) is -0.303. The second-order valence-corrected chi connectivity index (χ2v) is 10.3. The molecule has 1 heterocycles. The Hall–Kier alpha value is -4.06. The SMILES string of the molecule is CC(=O)c1ccc2ccccc2c1OC(=O)c1cccc(N2C(=O)[C@@H]3[C@@H]4C=C[C@H]([C@H]5C[C@H]45)[C@@H]3C2=O)c1. The molecule has 0 spiro atoms. The Bertz CT molecular complexity index is 1500. The first kappa shape index (κ1) is 21.2. The van der Waals surface area contributed by atoms with Crippen LogP contribution in [0.1, 0.15) is 34.1 Å². The van der Waals surface area contributed by atoms with Gasteiger partial charge < -0.3 is 4.74 Å². The van der Waals surface area contributed by atoms with E-state index in [0.29, 0.717) is 28.5 Å². The highest BCUT2D eigenvalue weighted by Gasteiger charge is 2.67. The van der Waals surface area contributed by atoms with Crippen LogP contribution < -0.4 is 9.64 Å². The lowest BCUT2D eigenvalue weighted by molar-refractivity contribution is -0.124. The second-order valence-electron chi connectivity index (χ2n) is 10.3. The minimum absolute atomic E-state index is 0.135. The number of anilines is 1. The van der Waals surface area contributed by atoms with E-state index in [1.807, 2.05) is 24.3 Å². The lowest BCUT2D eigenvalue weighted by Crippen LogP contribution is -2.40. The van der Waals surface area contributed by atoms with Crippen LogP contribution in [-0.4, -0.2) is 23.6 Å². The van der Waals surface area contributed by atoms with Gasteiger partial charge in [0, 0.05) is 5.39 Å². The largest absolute Gasteiger partial charge is 0.421 e. The maximum atomic E-state index is 13.5. The third-order valence-corrected chi connectivity index (χ3v) is 8.46. The van der Waals surface area contributed by atoms with Crippen LogP contribution in [0.25, 0.3) is 10.8 Å². The monoisotopic (exact) mass is 477 g/mol. The predicted octanol–water partition coefficient (Wildman–Crippen LogP) is 4.82. The van der Waals surface area contributed by atoms with Gasteiger partial charge in [0.2, 0.25) is 11.8 Å². The smallest absolute Gasteiger partial charge is 0.343 e. The van der Waals surface area contributed by atoms with Crippen molar-refractivity contribution in [2.45, 2.75) is 13.3 Å². The van der Waals surface area contributed by atoms with Crippen LogP contribution in [0.4, 0.5) is 5.69 Å². The number of hydrogen-bond acceptors (Lipinski definition) is 5. The number of ketones is 1. The number of Topliss-reactive ketones (excluding diaryl/α,β-unsaturated/α-hetero) is 1. The van der Waals surface area contributed by atoms with Gasteiger partial charge in [-0.2, -0.15) is 0 Å². The Morgan fingerprint density at radius 3 is 2.25 bits per heavy atom. The average Bonchev–Trinajstić information content (AvgIpc) is 3.67. The molecule has 6 heteroatoms. The Morgan fingerprint density at radius 1 is 0.861 bits per heavy atom. The molecule has 4 aliphatic carbocycles. The minimum atomic E-state index is -0.657. The number of hydrogen-bond donors (Lipinski definition) is 0. The molecular weight excluding hydrogens is 454 g/mol. The molecule has 0 radical (unpaired) electrons. The fourth-order valence-electron chi connectivity index (χ4n) is 6.77. The topological polar surface area (TPSA) is 80.8 Å². The number of carbonyl (C=O) groups excluding carboxylic acids is 4. The summed E-state index contributed by atoms with van der Waals surface area (Å²) in [7, 11) is 0. The van der Waals surface area contributed by atoms with E-state index in [-0.39, 0.29) is 52.6 Å². The first-order valence-corrected chi connectivity index (χ1v) is 12.3. The van der Waals surface area contributed by atoms with Gasteiger partial charge in [-0.15, -0.1) is 0 Å². The fraction of sp³-hybridized carbons (Fsp3) is 0.267. The molecule has 1 saturated heterocycles. The van der Waals surface area contributed by atoms with Crippen LogP contribution in [0.3, 0.4) is 0 Å². The van der Waals surface area contributed by atoms with Crippen LogP contribution in [0, 0.1) is 35.5 Å². The molecule has 2 bridgehead atoms. The maximum Gasteiger partial charge on any atom is 0.343 e.